The number of allylic oxidation sites excluding steroid dienone is 2. The Labute approximate surface area is 205 Å². The first-order chi connectivity index (χ1) is 17.1. The number of carbonyl (C=O) groups is 2. The van der Waals surface area contributed by atoms with Crippen LogP contribution in [0.15, 0.2) is 54.6 Å². The molecule has 2 aliphatic carbocycles. The highest BCUT2D eigenvalue weighted by Gasteiger charge is 2.41. The van der Waals surface area contributed by atoms with Crippen LogP contribution in [0, 0.1) is 5.92 Å². The van der Waals surface area contributed by atoms with E-state index in [1.54, 1.807) is 24.3 Å². The van der Waals surface area contributed by atoms with Gasteiger partial charge in [-0.1, -0.05) is 43.3 Å². The Kier molecular flexibility index (Phi) is 5.61. The molecule has 0 radical (unpaired) electrons. The topological polar surface area (TPSA) is 72.6 Å². The molecule has 2 aromatic carbocycles. The molecule has 2 aliphatic heterocycles. The lowest BCUT2D eigenvalue weighted by Crippen LogP contribution is -2.72. The summed E-state index contributed by atoms with van der Waals surface area (Å²) in [6, 6.07) is 8.96. The number of nitrogens with zero attached hydrogens (tertiary/aromatic N) is 1. The number of nitrogens with one attached hydrogen (secondary N) is 2. The molecule has 2 N–H and O–H groups in total. The van der Waals surface area contributed by atoms with E-state index in [9.17, 15) is 9.59 Å². The number of fused-ring (bicyclic) bond motifs is 5. The standard InChI is InChI=1S/C29H29N3O3/c1-18-8-6-14-32(17-18)15-7-13-30-22-16-24-27(31-21-11-4-5-12-23(21)35-24)26-25(22)28(33)19-9-2-3-10-20(19)29(26)34/h2-5,9-12,16,18,23,30H,6-8,13-15,17H2,1H3/p+1/t18-,23?/m1/s1. The van der Waals surface area contributed by atoms with Gasteiger partial charge < -0.3 is 15.0 Å². The second-order valence-electron chi connectivity index (χ2n) is 9.94. The fraction of sp³-hybridized carbons (Fsp3) is 0.345. The van der Waals surface area contributed by atoms with E-state index in [-0.39, 0.29) is 17.7 Å². The molecule has 2 atom stereocenters. The van der Waals surface area contributed by atoms with Gasteiger partial charge in [-0.25, -0.2) is 4.99 Å². The summed E-state index contributed by atoms with van der Waals surface area (Å²) in [5, 5.41) is 3.48. The predicted octanol–water partition coefficient (Wildman–Crippen LogP) is 3.04. The van der Waals surface area contributed by atoms with Crippen molar-refractivity contribution < 1.29 is 19.3 Å². The molecular formula is C29H30N3O3+. The second kappa shape index (κ2) is 8.93. The average molecular weight is 469 g/mol. The van der Waals surface area contributed by atoms with Gasteiger partial charge in [0.2, 0.25) is 17.6 Å². The summed E-state index contributed by atoms with van der Waals surface area (Å²) in [5.41, 5.74) is 3.83. The fourth-order valence-electron chi connectivity index (χ4n) is 5.66. The summed E-state index contributed by atoms with van der Waals surface area (Å²) >= 11 is 0. The Morgan fingerprint density at radius 1 is 1.11 bits per heavy atom. The highest BCUT2D eigenvalue weighted by atomic mass is 16.5. The minimum absolute atomic E-state index is 0.127. The molecule has 0 bridgehead atoms. The van der Waals surface area contributed by atoms with Gasteiger partial charge in [-0.3, -0.25) is 9.59 Å². The molecule has 1 fully saturated rings. The van der Waals surface area contributed by atoms with E-state index in [2.05, 4.69) is 22.1 Å². The Hall–Kier alpha value is -3.51. The number of hydrogen-bond donors (Lipinski definition) is 2. The summed E-state index contributed by atoms with van der Waals surface area (Å²) in [7, 11) is 0. The zero-order chi connectivity index (χ0) is 23.9. The van der Waals surface area contributed by atoms with Crippen LogP contribution in [0.3, 0.4) is 0 Å². The lowest BCUT2D eigenvalue weighted by Gasteiger charge is -2.31. The van der Waals surface area contributed by atoms with Crippen molar-refractivity contribution in [3.05, 3.63) is 76.9 Å². The van der Waals surface area contributed by atoms with Crippen molar-refractivity contribution in [3.8, 4) is 5.75 Å². The monoisotopic (exact) mass is 468 g/mol. The molecular weight excluding hydrogens is 438 g/mol. The van der Waals surface area contributed by atoms with E-state index in [4.69, 9.17) is 4.74 Å². The van der Waals surface area contributed by atoms with Gasteiger partial charge in [0.25, 0.3) is 5.69 Å². The molecule has 4 aliphatic rings. The molecule has 0 aromatic heterocycles. The maximum atomic E-state index is 13.7. The van der Waals surface area contributed by atoms with E-state index in [0.717, 1.165) is 44.2 Å². The molecule has 178 valence electrons. The molecule has 35 heavy (non-hydrogen) atoms. The molecule has 2 aromatic rings. The number of piperidine rings is 1. The number of carbonyl (C=O) groups excluding carboxylic acids is 2. The van der Waals surface area contributed by atoms with E-state index >= 15 is 0 Å². The molecule has 1 saturated heterocycles. The summed E-state index contributed by atoms with van der Waals surface area (Å²) < 4.78 is 6.28. The number of anilines is 1. The number of hydrogen-bond acceptors (Lipinski definition) is 5. The first kappa shape index (κ1) is 22.0. The Morgan fingerprint density at radius 2 is 1.91 bits per heavy atom. The SMILES string of the molecule is C[C@@H]1CCCN(CCCNc2cc3c(c4c2C(=O)c2ccccc2C4=O)[NH+]=C2C=CC=CC2O3)C1. The van der Waals surface area contributed by atoms with E-state index in [1.165, 1.54) is 12.8 Å². The zero-order valence-electron chi connectivity index (χ0n) is 20.0. The van der Waals surface area contributed by atoms with Crippen molar-refractivity contribution in [2.75, 3.05) is 31.5 Å². The Bertz CT molecular complexity index is 1310. The van der Waals surface area contributed by atoms with Gasteiger partial charge in [-0.05, 0) is 44.3 Å². The number of likely N-dealkylation sites (tertiary alicyclic amines) is 1. The molecule has 0 spiro atoms. The summed E-state index contributed by atoms with van der Waals surface area (Å²) in [6.07, 6.45) is 11.1. The number of ketones is 2. The number of ether oxygens (including phenoxy) is 1. The highest BCUT2D eigenvalue weighted by Crippen LogP contribution is 2.41. The van der Waals surface area contributed by atoms with E-state index < -0.39 is 0 Å². The lowest BCUT2D eigenvalue weighted by molar-refractivity contribution is -0.362. The first-order valence-corrected chi connectivity index (χ1v) is 12.6. The third-order valence-corrected chi connectivity index (χ3v) is 7.37. The van der Waals surface area contributed by atoms with Gasteiger partial charge in [-0.2, -0.15) is 0 Å². The zero-order valence-corrected chi connectivity index (χ0v) is 20.0. The highest BCUT2D eigenvalue weighted by molar-refractivity contribution is 6.32. The molecule has 6 nitrogen and oxygen atoms in total. The van der Waals surface area contributed by atoms with Crippen LogP contribution in [-0.2, 0) is 0 Å². The molecule has 6 heteroatoms. The van der Waals surface area contributed by atoms with Gasteiger partial charge in [-0.15, -0.1) is 0 Å². The third-order valence-electron chi connectivity index (χ3n) is 7.37. The van der Waals surface area contributed by atoms with Crippen molar-refractivity contribution in [1.82, 2.24) is 4.90 Å². The maximum Gasteiger partial charge on any atom is 0.258 e. The van der Waals surface area contributed by atoms with Crippen molar-refractivity contribution in [3.63, 3.8) is 0 Å². The largest absolute Gasteiger partial charge is 0.468 e. The normalized spacial score (nSPS) is 22.5. The van der Waals surface area contributed by atoms with Crippen LogP contribution < -0.4 is 15.0 Å². The van der Waals surface area contributed by atoms with E-state index in [0.29, 0.717) is 39.4 Å². The van der Waals surface area contributed by atoms with Gasteiger partial charge in [0.05, 0.1) is 11.3 Å². The molecule has 1 unspecified atom stereocenters. The van der Waals surface area contributed by atoms with Gasteiger partial charge in [0.15, 0.2) is 11.5 Å². The minimum atomic E-state index is -0.235. The second-order valence-corrected chi connectivity index (χ2v) is 9.94. The quantitative estimate of drug-likeness (QED) is 0.564. The maximum absolute atomic E-state index is 13.7. The number of benzene rings is 2. The summed E-state index contributed by atoms with van der Waals surface area (Å²) in [4.78, 5) is 33.3. The smallest absolute Gasteiger partial charge is 0.258 e. The summed E-state index contributed by atoms with van der Waals surface area (Å²) in [6.45, 7) is 6.37. The van der Waals surface area contributed by atoms with Gasteiger partial charge in [0.1, 0.15) is 5.56 Å². The Morgan fingerprint density at radius 3 is 2.71 bits per heavy atom. The van der Waals surface area contributed by atoms with Crippen LogP contribution in [0.2, 0.25) is 0 Å². The first-order valence-electron chi connectivity index (χ1n) is 12.6. The Balaban J connectivity index is 1.35. The van der Waals surface area contributed by atoms with Crippen molar-refractivity contribution >= 4 is 28.7 Å². The molecule has 2 heterocycles. The predicted molar refractivity (Wildman–Crippen MR) is 136 cm³/mol. The number of rotatable bonds is 5. The third kappa shape index (κ3) is 3.92. The van der Waals surface area contributed by atoms with Crippen molar-refractivity contribution in [2.24, 2.45) is 5.92 Å². The summed E-state index contributed by atoms with van der Waals surface area (Å²) in [5.74, 6) is 1.06. The van der Waals surface area contributed by atoms with Gasteiger partial charge in [0, 0.05) is 36.4 Å². The van der Waals surface area contributed by atoms with Crippen LogP contribution in [0.4, 0.5) is 11.4 Å². The van der Waals surface area contributed by atoms with Crippen LogP contribution in [0.5, 0.6) is 5.75 Å². The van der Waals surface area contributed by atoms with Crippen LogP contribution in [0.25, 0.3) is 0 Å². The van der Waals surface area contributed by atoms with Crippen molar-refractivity contribution in [2.45, 2.75) is 32.3 Å². The fourth-order valence-corrected chi connectivity index (χ4v) is 5.66. The molecule has 0 amide bonds. The van der Waals surface area contributed by atoms with Gasteiger partial charge >= 0.3 is 0 Å². The van der Waals surface area contributed by atoms with Crippen LogP contribution in [0.1, 0.15) is 58.0 Å². The lowest BCUT2D eigenvalue weighted by atomic mass is 9.81. The van der Waals surface area contributed by atoms with E-state index in [1.807, 2.05) is 30.4 Å². The van der Waals surface area contributed by atoms with Crippen molar-refractivity contribution in [1.29, 1.82) is 0 Å². The minimum Gasteiger partial charge on any atom is -0.468 e. The van der Waals surface area contributed by atoms with Crippen LogP contribution in [-0.4, -0.2) is 54.5 Å². The molecule has 0 saturated carbocycles. The molecule has 6 rings (SSSR count). The van der Waals surface area contributed by atoms with Crippen LogP contribution >= 0.6 is 0 Å². The average Bonchev–Trinajstić information content (AvgIpc) is 2.88.